The van der Waals surface area contributed by atoms with Gasteiger partial charge in [-0.25, -0.2) is 0 Å². The predicted molar refractivity (Wildman–Crippen MR) is 87.7 cm³/mol. The average Bonchev–Trinajstić information content (AvgIpc) is 2.48. The zero-order chi connectivity index (χ0) is 14.7. The molecule has 3 heteroatoms. The van der Waals surface area contributed by atoms with Gasteiger partial charge in [-0.3, -0.25) is 0 Å². The van der Waals surface area contributed by atoms with Crippen LogP contribution in [0.25, 0.3) is 0 Å². The molecule has 1 N–H and O–H groups in total. The molecule has 2 nitrogen and oxygen atoms in total. The molecule has 1 aliphatic heterocycles. The summed E-state index contributed by atoms with van der Waals surface area (Å²) in [5.41, 5.74) is 1.19. The highest BCUT2D eigenvalue weighted by Crippen LogP contribution is 2.43. The molecular formula is C18H26O2S. The van der Waals surface area contributed by atoms with Crippen molar-refractivity contribution in [1.29, 1.82) is 0 Å². The van der Waals surface area contributed by atoms with Gasteiger partial charge in [0.1, 0.15) is 0 Å². The normalized spacial score (nSPS) is 26.7. The lowest BCUT2D eigenvalue weighted by molar-refractivity contribution is -0.0970. The lowest BCUT2D eigenvalue weighted by atomic mass is 9.80. The summed E-state index contributed by atoms with van der Waals surface area (Å²) >= 11 is 1.97. The Morgan fingerprint density at radius 3 is 2.86 bits per heavy atom. The molecule has 2 atom stereocenters. The summed E-state index contributed by atoms with van der Waals surface area (Å²) in [6, 6.07) is 8.36. The summed E-state index contributed by atoms with van der Waals surface area (Å²) in [5, 5.41) is 10.4. The van der Waals surface area contributed by atoms with Crippen molar-refractivity contribution in [1.82, 2.24) is 0 Å². The number of hydrogen-bond acceptors (Lipinski definition) is 3. The first kappa shape index (κ1) is 15.4. The molecule has 0 radical (unpaired) electrons. The Morgan fingerprint density at radius 2 is 2.10 bits per heavy atom. The molecule has 2 aliphatic rings. The zero-order valence-electron chi connectivity index (χ0n) is 12.9. The van der Waals surface area contributed by atoms with Crippen LogP contribution in [0.15, 0.2) is 29.2 Å². The Morgan fingerprint density at radius 1 is 1.29 bits per heavy atom. The smallest absolute Gasteiger partial charge is 0.0762 e. The molecule has 3 rings (SSSR count). The highest BCUT2D eigenvalue weighted by atomic mass is 32.2. The average molecular weight is 306 g/mol. The summed E-state index contributed by atoms with van der Waals surface area (Å²) < 4.78 is 6.18. The van der Waals surface area contributed by atoms with Crippen LogP contribution in [0, 0.1) is 0 Å². The summed E-state index contributed by atoms with van der Waals surface area (Å²) in [6.07, 6.45) is 8.48. The van der Waals surface area contributed by atoms with Crippen molar-refractivity contribution >= 4 is 11.8 Å². The third kappa shape index (κ3) is 3.82. The maximum atomic E-state index is 9.72. The molecule has 1 aromatic rings. The van der Waals surface area contributed by atoms with Gasteiger partial charge in [0.15, 0.2) is 0 Å². The standard InChI is InChI=1S/C18H26O2S/c1-14(19)15-6-5-7-16(12-15)21-17-8-11-20-18(13-17)9-3-2-4-10-18/h5-7,12,14,17,19H,2-4,8-11,13H2,1H3. The maximum absolute atomic E-state index is 9.72. The molecule has 1 heterocycles. The summed E-state index contributed by atoms with van der Waals surface area (Å²) in [7, 11) is 0. The second-order valence-corrected chi connectivity index (χ2v) is 7.95. The topological polar surface area (TPSA) is 29.5 Å². The van der Waals surface area contributed by atoms with E-state index in [2.05, 4.69) is 18.2 Å². The van der Waals surface area contributed by atoms with Crippen LogP contribution in [-0.2, 0) is 4.74 Å². The highest BCUT2D eigenvalue weighted by molar-refractivity contribution is 8.00. The summed E-state index contributed by atoms with van der Waals surface area (Å²) in [4.78, 5) is 1.28. The van der Waals surface area contributed by atoms with Gasteiger partial charge in [-0.2, -0.15) is 0 Å². The molecule has 2 fully saturated rings. The number of ether oxygens (including phenoxy) is 1. The molecule has 1 aliphatic carbocycles. The second-order valence-electron chi connectivity index (χ2n) is 6.57. The summed E-state index contributed by atoms with van der Waals surface area (Å²) in [5.74, 6) is 0. The number of benzene rings is 1. The molecule has 116 valence electrons. The molecule has 1 saturated heterocycles. The molecule has 0 amide bonds. The zero-order valence-corrected chi connectivity index (χ0v) is 13.7. The lowest BCUT2D eigenvalue weighted by Crippen LogP contribution is -2.42. The molecule has 1 saturated carbocycles. The van der Waals surface area contributed by atoms with E-state index >= 15 is 0 Å². The van der Waals surface area contributed by atoms with E-state index in [4.69, 9.17) is 4.74 Å². The minimum absolute atomic E-state index is 0.177. The van der Waals surface area contributed by atoms with Gasteiger partial charge in [-0.05, 0) is 50.3 Å². The minimum atomic E-state index is -0.384. The number of hydrogen-bond donors (Lipinski definition) is 1. The van der Waals surface area contributed by atoms with E-state index in [0.717, 1.165) is 18.6 Å². The van der Waals surface area contributed by atoms with E-state index < -0.39 is 0 Å². The quantitative estimate of drug-likeness (QED) is 0.876. The molecule has 1 spiro atoms. The van der Waals surface area contributed by atoms with E-state index in [1.807, 2.05) is 24.8 Å². The first-order valence-electron chi connectivity index (χ1n) is 8.26. The van der Waals surface area contributed by atoms with Gasteiger partial charge in [0, 0.05) is 16.8 Å². The highest BCUT2D eigenvalue weighted by Gasteiger charge is 2.38. The van der Waals surface area contributed by atoms with Crippen molar-refractivity contribution in [2.45, 2.75) is 73.7 Å². The number of aliphatic hydroxyl groups is 1. The SMILES string of the molecule is CC(O)c1cccc(SC2CCOC3(CCCCC3)C2)c1. The first-order chi connectivity index (χ1) is 10.2. The van der Waals surface area contributed by atoms with Gasteiger partial charge >= 0.3 is 0 Å². The van der Waals surface area contributed by atoms with E-state index in [1.54, 1.807) is 0 Å². The minimum Gasteiger partial charge on any atom is -0.389 e. The fourth-order valence-corrected chi connectivity index (χ4v) is 5.02. The third-order valence-electron chi connectivity index (χ3n) is 4.86. The van der Waals surface area contributed by atoms with E-state index in [0.29, 0.717) is 5.25 Å². The van der Waals surface area contributed by atoms with Gasteiger partial charge < -0.3 is 9.84 Å². The van der Waals surface area contributed by atoms with Gasteiger partial charge in [0.25, 0.3) is 0 Å². The van der Waals surface area contributed by atoms with Crippen molar-refractivity contribution < 1.29 is 9.84 Å². The Kier molecular flexibility index (Phi) is 4.92. The van der Waals surface area contributed by atoms with E-state index in [9.17, 15) is 5.11 Å². The van der Waals surface area contributed by atoms with Crippen molar-refractivity contribution in [2.75, 3.05) is 6.61 Å². The van der Waals surface area contributed by atoms with Crippen molar-refractivity contribution in [3.05, 3.63) is 29.8 Å². The molecule has 0 bridgehead atoms. The van der Waals surface area contributed by atoms with Crippen LogP contribution in [0.2, 0.25) is 0 Å². The third-order valence-corrected chi connectivity index (χ3v) is 6.12. The van der Waals surface area contributed by atoms with E-state index in [-0.39, 0.29) is 11.7 Å². The van der Waals surface area contributed by atoms with Crippen LogP contribution in [-0.4, -0.2) is 22.6 Å². The van der Waals surface area contributed by atoms with Crippen LogP contribution in [0.5, 0.6) is 0 Å². The Bertz CT molecular complexity index is 461. The molecule has 21 heavy (non-hydrogen) atoms. The van der Waals surface area contributed by atoms with Gasteiger partial charge in [-0.15, -0.1) is 11.8 Å². The van der Waals surface area contributed by atoms with Crippen molar-refractivity contribution in [2.24, 2.45) is 0 Å². The maximum Gasteiger partial charge on any atom is 0.0762 e. The Balaban J connectivity index is 1.65. The molecule has 0 aromatic heterocycles. The predicted octanol–water partition coefficient (Wildman–Crippen LogP) is 4.71. The molecule has 1 aromatic carbocycles. The van der Waals surface area contributed by atoms with E-state index in [1.165, 1.54) is 43.4 Å². The largest absolute Gasteiger partial charge is 0.389 e. The number of thioether (sulfide) groups is 1. The van der Waals surface area contributed by atoms with Crippen LogP contribution >= 0.6 is 11.8 Å². The van der Waals surface area contributed by atoms with Gasteiger partial charge in [0.05, 0.1) is 11.7 Å². The van der Waals surface area contributed by atoms with Gasteiger partial charge in [0.2, 0.25) is 0 Å². The van der Waals surface area contributed by atoms with Gasteiger partial charge in [-0.1, -0.05) is 31.4 Å². The second kappa shape index (κ2) is 6.72. The van der Waals surface area contributed by atoms with Crippen molar-refractivity contribution in [3.8, 4) is 0 Å². The van der Waals surface area contributed by atoms with Crippen LogP contribution in [0.1, 0.15) is 63.5 Å². The summed E-state index contributed by atoms with van der Waals surface area (Å²) in [6.45, 7) is 2.74. The monoisotopic (exact) mass is 306 g/mol. The van der Waals surface area contributed by atoms with Crippen LogP contribution in [0.4, 0.5) is 0 Å². The number of aliphatic hydroxyl groups excluding tert-OH is 1. The Labute approximate surface area is 132 Å². The van der Waals surface area contributed by atoms with Crippen molar-refractivity contribution in [3.63, 3.8) is 0 Å². The molecule has 2 unspecified atom stereocenters. The lowest BCUT2D eigenvalue weighted by Gasteiger charge is -2.43. The van der Waals surface area contributed by atoms with Crippen LogP contribution < -0.4 is 0 Å². The van der Waals surface area contributed by atoms with Crippen LogP contribution in [0.3, 0.4) is 0 Å². The first-order valence-corrected chi connectivity index (χ1v) is 9.14. The fraction of sp³-hybridized carbons (Fsp3) is 0.667. The fourth-order valence-electron chi connectivity index (χ4n) is 3.67. The number of rotatable bonds is 3. The Hall–Kier alpha value is -0.510. The molecular weight excluding hydrogens is 280 g/mol.